The summed E-state index contributed by atoms with van der Waals surface area (Å²) in [5.74, 6) is -0.651. The normalized spacial score (nSPS) is 11.4. The Bertz CT molecular complexity index is 494. The van der Waals surface area contributed by atoms with E-state index >= 15 is 0 Å². The highest BCUT2D eigenvalue weighted by Crippen LogP contribution is 2.22. The summed E-state index contributed by atoms with van der Waals surface area (Å²) in [5.41, 5.74) is 0. The van der Waals surface area contributed by atoms with Crippen LogP contribution in [0.5, 0.6) is 0 Å². The summed E-state index contributed by atoms with van der Waals surface area (Å²) in [7, 11) is -0.922. The Kier molecular flexibility index (Phi) is 5.73. The van der Waals surface area contributed by atoms with E-state index in [1.54, 1.807) is 7.11 Å². The molecule has 102 valence electrons. The minimum absolute atomic E-state index is 0.0447. The van der Waals surface area contributed by atoms with Gasteiger partial charge in [0.05, 0.1) is 7.11 Å². The number of esters is 1. The second-order valence-corrected chi connectivity index (χ2v) is 6.00. The van der Waals surface area contributed by atoms with E-state index in [-0.39, 0.29) is 16.3 Å². The van der Waals surface area contributed by atoms with Crippen LogP contribution in [0.15, 0.2) is 16.3 Å². The summed E-state index contributed by atoms with van der Waals surface area (Å²) in [6.45, 7) is 0.725. The van der Waals surface area contributed by atoms with Crippen LogP contribution in [0.25, 0.3) is 0 Å². The number of thiophene rings is 1. The molecule has 18 heavy (non-hydrogen) atoms. The van der Waals surface area contributed by atoms with Crippen molar-refractivity contribution in [1.29, 1.82) is 0 Å². The highest BCUT2D eigenvalue weighted by molar-refractivity contribution is 7.89. The van der Waals surface area contributed by atoms with Crippen molar-refractivity contribution in [2.75, 3.05) is 27.4 Å². The van der Waals surface area contributed by atoms with Crippen molar-refractivity contribution in [2.24, 2.45) is 0 Å². The van der Waals surface area contributed by atoms with Crippen LogP contribution >= 0.6 is 11.3 Å². The van der Waals surface area contributed by atoms with Crippen LogP contribution in [0, 0.1) is 0 Å². The molecule has 0 aliphatic carbocycles. The topological polar surface area (TPSA) is 81.7 Å². The van der Waals surface area contributed by atoms with Gasteiger partial charge in [0.15, 0.2) is 0 Å². The average molecular weight is 293 g/mol. The van der Waals surface area contributed by atoms with E-state index in [4.69, 9.17) is 4.74 Å². The Morgan fingerprint density at radius 3 is 2.78 bits per heavy atom. The number of carbonyl (C=O) groups excluding carboxylic acids is 1. The van der Waals surface area contributed by atoms with Gasteiger partial charge in [-0.05, 0) is 17.9 Å². The Labute approximate surface area is 110 Å². The molecule has 0 aliphatic rings. The van der Waals surface area contributed by atoms with Crippen LogP contribution in [0.2, 0.25) is 0 Å². The first kappa shape index (κ1) is 15.1. The molecule has 8 heteroatoms. The van der Waals surface area contributed by atoms with Gasteiger partial charge in [0.1, 0.15) is 9.77 Å². The zero-order valence-electron chi connectivity index (χ0n) is 10.1. The molecule has 0 saturated carbocycles. The largest absolute Gasteiger partial charge is 0.465 e. The molecule has 1 N–H and O–H groups in total. The maximum absolute atomic E-state index is 11.9. The quantitative estimate of drug-likeness (QED) is 0.595. The molecular weight excluding hydrogens is 278 g/mol. The van der Waals surface area contributed by atoms with Gasteiger partial charge < -0.3 is 9.47 Å². The van der Waals surface area contributed by atoms with Crippen molar-refractivity contribution < 1.29 is 22.7 Å². The fourth-order valence-corrected chi connectivity index (χ4v) is 3.66. The fourth-order valence-electron chi connectivity index (χ4n) is 1.25. The van der Waals surface area contributed by atoms with Crippen molar-refractivity contribution >= 4 is 27.3 Å². The average Bonchev–Trinajstić information content (AvgIpc) is 2.83. The van der Waals surface area contributed by atoms with Crippen LogP contribution in [0.1, 0.15) is 16.1 Å². The molecule has 0 unspecified atom stereocenters. The molecule has 0 aromatic carbocycles. The monoisotopic (exact) mass is 293 g/mol. The van der Waals surface area contributed by atoms with Crippen molar-refractivity contribution in [3.63, 3.8) is 0 Å². The highest BCUT2D eigenvalue weighted by atomic mass is 32.2. The third-order valence-electron chi connectivity index (χ3n) is 2.11. The Morgan fingerprint density at radius 1 is 1.44 bits per heavy atom. The lowest BCUT2D eigenvalue weighted by Crippen LogP contribution is -2.26. The van der Waals surface area contributed by atoms with Gasteiger partial charge in [0.25, 0.3) is 0 Å². The summed E-state index contributed by atoms with van der Waals surface area (Å²) >= 11 is 1.03. The highest BCUT2D eigenvalue weighted by Gasteiger charge is 2.23. The van der Waals surface area contributed by atoms with Crippen LogP contribution < -0.4 is 4.72 Å². The lowest BCUT2D eigenvalue weighted by molar-refractivity contribution is 0.0602. The third-order valence-corrected chi connectivity index (χ3v) is 4.63. The molecule has 0 radical (unpaired) electrons. The third kappa shape index (κ3) is 3.77. The first-order valence-corrected chi connectivity index (χ1v) is 7.53. The Morgan fingerprint density at radius 2 is 2.17 bits per heavy atom. The van der Waals surface area contributed by atoms with Crippen molar-refractivity contribution in [3.05, 3.63) is 16.3 Å². The van der Waals surface area contributed by atoms with E-state index < -0.39 is 16.0 Å². The van der Waals surface area contributed by atoms with Gasteiger partial charge in [0, 0.05) is 20.3 Å². The standard InChI is InChI=1S/C10H15NO5S2/c1-15-6-3-5-11-18(13,14)8-4-7-17-9(8)10(12)16-2/h4,7,11H,3,5-6H2,1-2H3. The van der Waals surface area contributed by atoms with Crippen LogP contribution in [0.3, 0.4) is 0 Å². The molecule has 0 fully saturated rings. The van der Waals surface area contributed by atoms with Crippen LogP contribution in [0.4, 0.5) is 0 Å². The van der Waals surface area contributed by atoms with Crippen LogP contribution in [-0.2, 0) is 19.5 Å². The molecule has 0 aliphatic heterocycles. The van der Waals surface area contributed by atoms with Gasteiger partial charge in [0.2, 0.25) is 10.0 Å². The molecule has 1 aromatic rings. The molecular formula is C10H15NO5S2. The summed E-state index contributed by atoms with van der Waals surface area (Å²) in [6.07, 6.45) is 0.563. The van der Waals surface area contributed by atoms with E-state index in [1.807, 2.05) is 0 Å². The van der Waals surface area contributed by atoms with Crippen LogP contribution in [-0.4, -0.2) is 41.8 Å². The second-order valence-electron chi connectivity index (χ2n) is 3.35. The SMILES string of the molecule is COCCCNS(=O)(=O)c1ccsc1C(=O)OC. The number of methoxy groups -OCH3 is 2. The zero-order chi connectivity index (χ0) is 13.6. The number of carbonyl (C=O) groups is 1. The zero-order valence-corrected chi connectivity index (χ0v) is 11.8. The van der Waals surface area contributed by atoms with Crippen molar-refractivity contribution in [3.8, 4) is 0 Å². The Balaban J connectivity index is 2.79. The predicted octanol–water partition coefficient (Wildman–Crippen LogP) is 0.850. The molecule has 6 nitrogen and oxygen atoms in total. The number of ether oxygens (including phenoxy) is 2. The minimum Gasteiger partial charge on any atom is -0.465 e. The maximum Gasteiger partial charge on any atom is 0.349 e. The number of rotatable bonds is 7. The van der Waals surface area contributed by atoms with E-state index in [0.717, 1.165) is 11.3 Å². The smallest absolute Gasteiger partial charge is 0.349 e. The molecule has 1 aromatic heterocycles. The number of nitrogens with one attached hydrogen (secondary N) is 1. The van der Waals surface area contributed by atoms with E-state index in [0.29, 0.717) is 13.0 Å². The molecule has 0 spiro atoms. The van der Waals surface area contributed by atoms with E-state index in [1.165, 1.54) is 18.6 Å². The Hall–Kier alpha value is -0.960. The molecule has 1 rings (SSSR count). The number of hydrogen-bond donors (Lipinski definition) is 1. The fraction of sp³-hybridized carbons (Fsp3) is 0.500. The van der Waals surface area contributed by atoms with Gasteiger partial charge in [-0.25, -0.2) is 17.9 Å². The number of hydrogen-bond acceptors (Lipinski definition) is 6. The molecule has 0 atom stereocenters. The van der Waals surface area contributed by atoms with Crippen molar-refractivity contribution in [2.45, 2.75) is 11.3 Å². The maximum atomic E-state index is 11.9. The molecule has 0 bridgehead atoms. The molecule has 1 heterocycles. The first-order chi connectivity index (χ1) is 8.53. The summed E-state index contributed by atoms with van der Waals surface area (Å²) in [4.78, 5) is 11.4. The van der Waals surface area contributed by atoms with Crippen molar-refractivity contribution in [1.82, 2.24) is 4.72 Å². The van der Waals surface area contributed by atoms with E-state index in [2.05, 4.69) is 9.46 Å². The second kappa shape index (κ2) is 6.83. The summed E-state index contributed by atoms with van der Waals surface area (Å²) in [6, 6.07) is 1.38. The minimum atomic E-state index is -3.68. The number of sulfonamides is 1. The van der Waals surface area contributed by atoms with Gasteiger partial charge in [-0.3, -0.25) is 0 Å². The van der Waals surface area contributed by atoms with Gasteiger partial charge >= 0.3 is 5.97 Å². The lowest BCUT2D eigenvalue weighted by Gasteiger charge is -2.06. The first-order valence-electron chi connectivity index (χ1n) is 5.17. The van der Waals surface area contributed by atoms with Gasteiger partial charge in [-0.2, -0.15) is 0 Å². The summed E-state index contributed by atoms with van der Waals surface area (Å²) < 4.78 is 35.6. The van der Waals surface area contributed by atoms with Gasteiger partial charge in [-0.15, -0.1) is 11.3 Å². The molecule has 0 amide bonds. The molecule has 0 saturated heterocycles. The predicted molar refractivity (Wildman–Crippen MR) is 67.3 cm³/mol. The van der Waals surface area contributed by atoms with Gasteiger partial charge in [-0.1, -0.05) is 0 Å². The lowest BCUT2D eigenvalue weighted by atomic mass is 10.5. The summed E-state index contributed by atoms with van der Waals surface area (Å²) in [5, 5.41) is 1.54. The van der Waals surface area contributed by atoms with E-state index in [9.17, 15) is 13.2 Å².